The number of sulfonamides is 1. The number of hydrogen-bond acceptors (Lipinski definition) is 3. The van der Waals surface area contributed by atoms with Gasteiger partial charge in [0.25, 0.3) is 15.9 Å². The Morgan fingerprint density at radius 2 is 1.55 bits per heavy atom. The molecule has 6 heteroatoms. The summed E-state index contributed by atoms with van der Waals surface area (Å²) >= 11 is 0. The Morgan fingerprint density at radius 1 is 0.897 bits per heavy atom. The monoisotopic (exact) mass is 406 g/mol. The van der Waals surface area contributed by atoms with E-state index in [0.29, 0.717) is 12.2 Å². The van der Waals surface area contributed by atoms with Crippen LogP contribution in [-0.2, 0) is 16.4 Å². The first-order valence-corrected chi connectivity index (χ1v) is 11.0. The Bertz CT molecular complexity index is 1140. The highest BCUT2D eigenvalue weighted by Crippen LogP contribution is 2.30. The van der Waals surface area contributed by atoms with E-state index >= 15 is 0 Å². The lowest BCUT2D eigenvalue weighted by Crippen LogP contribution is -2.37. The quantitative estimate of drug-likeness (QED) is 0.655. The van der Waals surface area contributed by atoms with E-state index < -0.39 is 10.0 Å². The van der Waals surface area contributed by atoms with Crippen molar-refractivity contribution >= 4 is 27.3 Å². The predicted octanol–water partition coefficient (Wildman–Crippen LogP) is 4.10. The van der Waals surface area contributed by atoms with Crippen molar-refractivity contribution in [2.45, 2.75) is 17.7 Å². The molecule has 29 heavy (non-hydrogen) atoms. The van der Waals surface area contributed by atoms with Gasteiger partial charge in [0.2, 0.25) is 0 Å². The fraction of sp³-hybridized carbons (Fsp3) is 0.174. The first kappa shape index (κ1) is 19.2. The molecule has 0 saturated carbocycles. The first-order chi connectivity index (χ1) is 14.0. The van der Waals surface area contributed by atoms with Crippen molar-refractivity contribution in [2.75, 3.05) is 22.8 Å². The minimum Gasteiger partial charge on any atom is -0.308 e. The van der Waals surface area contributed by atoms with Crippen molar-refractivity contribution in [3.63, 3.8) is 0 Å². The van der Waals surface area contributed by atoms with Gasteiger partial charge in [-0.05, 0) is 48.7 Å². The highest BCUT2D eigenvalue weighted by molar-refractivity contribution is 7.92. The number of carbonyl (C=O) groups excluding carboxylic acids is 1. The average Bonchev–Trinajstić information content (AvgIpc) is 2.78. The van der Waals surface area contributed by atoms with Crippen molar-refractivity contribution in [3.05, 3.63) is 90.0 Å². The molecule has 0 bridgehead atoms. The third-order valence-electron chi connectivity index (χ3n) is 5.23. The van der Waals surface area contributed by atoms with Gasteiger partial charge in [-0.15, -0.1) is 0 Å². The zero-order valence-electron chi connectivity index (χ0n) is 16.2. The average molecular weight is 407 g/mol. The van der Waals surface area contributed by atoms with Crippen molar-refractivity contribution in [2.24, 2.45) is 0 Å². The lowest BCUT2D eigenvalue weighted by molar-refractivity contribution is 0.0982. The first-order valence-electron chi connectivity index (χ1n) is 9.53. The lowest BCUT2D eigenvalue weighted by Gasteiger charge is -2.30. The molecular weight excluding hydrogens is 384 g/mol. The third-order valence-corrected chi connectivity index (χ3v) is 7.07. The number of anilines is 2. The van der Waals surface area contributed by atoms with Gasteiger partial charge in [0.15, 0.2) is 0 Å². The Kier molecular flexibility index (Phi) is 5.11. The molecule has 4 rings (SSSR count). The van der Waals surface area contributed by atoms with E-state index in [1.165, 1.54) is 17.4 Å². The Labute approximate surface area is 171 Å². The Hall–Kier alpha value is -3.12. The van der Waals surface area contributed by atoms with E-state index in [1.807, 2.05) is 30.3 Å². The summed E-state index contributed by atoms with van der Waals surface area (Å²) in [6.45, 7) is 0.568. The van der Waals surface area contributed by atoms with Gasteiger partial charge >= 0.3 is 0 Å². The zero-order chi connectivity index (χ0) is 20.4. The second kappa shape index (κ2) is 7.72. The number of nitrogens with zero attached hydrogens (tertiary/aromatic N) is 2. The van der Waals surface area contributed by atoms with E-state index in [9.17, 15) is 13.2 Å². The van der Waals surface area contributed by atoms with Crippen LogP contribution in [0.25, 0.3) is 0 Å². The van der Waals surface area contributed by atoms with Crippen LogP contribution >= 0.6 is 0 Å². The van der Waals surface area contributed by atoms with Crippen LogP contribution in [0, 0.1) is 0 Å². The summed E-state index contributed by atoms with van der Waals surface area (Å²) < 4.78 is 27.9. The van der Waals surface area contributed by atoms with Gasteiger partial charge in [-0.1, -0.05) is 48.5 Å². The van der Waals surface area contributed by atoms with Crippen LogP contribution in [0.1, 0.15) is 22.3 Å². The number of amides is 1. The van der Waals surface area contributed by atoms with E-state index in [4.69, 9.17) is 0 Å². The molecule has 0 spiro atoms. The zero-order valence-corrected chi connectivity index (χ0v) is 17.0. The third kappa shape index (κ3) is 3.51. The molecule has 3 aromatic rings. The van der Waals surface area contributed by atoms with Gasteiger partial charge in [-0.2, -0.15) is 0 Å². The summed E-state index contributed by atoms with van der Waals surface area (Å²) in [5.74, 6) is -0.294. The van der Waals surface area contributed by atoms with Crippen LogP contribution in [0.4, 0.5) is 11.4 Å². The molecule has 0 unspecified atom stereocenters. The molecule has 148 valence electrons. The smallest absolute Gasteiger partial charge is 0.264 e. The van der Waals surface area contributed by atoms with E-state index in [2.05, 4.69) is 0 Å². The Balaban J connectivity index is 1.76. The van der Waals surface area contributed by atoms with Gasteiger partial charge in [0.1, 0.15) is 4.90 Å². The fourth-order valence-corrected chi connectivity index (χ4v) is 5.06. The summed E-state index contributed by atoms with van der Waals surface area (Å²) in [6, 6.07) is 23.1. The molecule has 1 aliphatic heterocycles. The molecule has 0 atom stereocenters. The summed E-state index contributed by atoms with van der Waals surface area (Å²) in [6.07, 6.45) is 1.76. The molecular formula is C23H22N2O3S. The molecule has 0 aliphatic carbocycles. The second-order valence-corrected chi connectivity index (χ2v) is 8.93. The van der Waals surface area contributed by atoms with E-state index in [0.717, 1.165) is 24.1 Å². The predicted molar refractivity (Wildman–Crippen MR) is 115 cm³/mol. The minimum atomic E-state index is -3.90. The van der Waals surface area contributed by atoms with Crippen LogP contribution in [0.5, 0.6) is 0 Å². The summed E-state index contributed by atoms with van der Waals surface area (Å²) in [7, 11) is -2.40. The van der Waals surface area contributed by atoms with Crippen LogP contribution < -0.4 is 9.21 Å². The van der Waals surface area contributed by atoms with Crippen LogP contribution in [0.15, 0.2) is 83.8 Å². The molecule has 0 radical (unpaired) electrons. The summed E-state index contributed by atoms with van der Waals surface area (Å²) in [4.78, 5) is 15.1. The molecule has 1 heterocycles. The highest BCUT2D eigenvalue weighted by Gasteiger charge is 2.30. The second-order valence-electron chi connectivity index (χ2n) is 6.99. The maximum Gasteiger partial charge on any atom is 0.264 e. The van der Waals surface area contributed by atoms with Gasteiger partial charge in [-0.3, -0.25) is 9.10 Å². The van der Waals surface area contributed by atoms with E-state index in [1.54, 1.807) is 47.4 Å². The molecule has 0 N–H and O–H groups in total. The molecule has 0 saturated heterocycles. The minimum absolute atomic E-state index is 0.0133. The Morgan fingerprint density at radius 3 is 2.34 bits per heavy atom. The number of para-hydroxylation sites is 2. The summed E-state index contributed by atoms with van der Waals surface area (Å²) in [5.41, 5.74) is 2.69. The molecule has 5 nitrogen and oxygen atoms in total. The molecule has 1 aliphatic rings. The van der Waals surface area contributed by atoms with Crippen LogP contribution in [-0.4, -0.2) is 27.9 Å². The van der Waals surface area contributed by atoms with E-state index in [-0.39, 0.29) is 16.4 Å². The van der Waals surface area contributed by atoms with Crippen LogP contribution in [0.3, 0.4) is 0 Å². The largest absolute Gasteiger partial charge is 0.308 e. The molecule has 1 amide bonds. The van der Waals surface area contributed by atoms with Gasteiger partial charge in [0.05, 0.1) is 11.3 Å². The van der Waals surface area contributed by atoms with Crippen molar-refractivity contribution < 1.29 is 13.2 Å². The van der Waals surface area contributed by atoms with Gasteiger partial charge < -0.3 is 4.90 Å². The highest BCUT2D eigenvalue weighted by atomic mass is 32.2. The number of rotatable bonds is 4. The molecule has 0 fully saturated rings. The number of hydrogen-bond donors (Lipinski definition) is 0. The lowest BCUT2D eigenvalue weighted by atomic mass is 10.0. The van der Waals surface area contributed by atoms with Crippen molar-refractivity contribution in [3.8, 4) is 0 Å². The van der Waals surface area contributed by atoms with Gasteiger partial charge in [-0.25, -0.2) is 8.42 Å². The number of fused-ring (bicyclic) bond motifs is 1. The number of benzene rings is 3. The number of carbonyl (C=O) groups is 1. The van der Waals surface area contributed by atoms with Crippen molar-refractivity contribution in [1.82, 2.24) is 0 Å². The normalized spacial score (nSPS) is 13.6. The maximum atomic E-state index is 13.4. The standard InChI is InChI=1S/C23H22N2O3S/c1-24(19-12-3-2-4-13-19)29(27,28)22-16-8-6-14-20(22)23(26)25-17-9-11-18-10-5-7-15-21(18)25/h2-8,10,12-16H,9,11,17H2,1H3. The summed E-state index contributed by atoms with van der Waals surface area (Å²) in [5, 5.41) is 0. The van der Waals surface area contributed by atoms with Gasteiger partial charge in [0, 0.05) is 19.3 Å². The molecule has 0 aromatic heterocycles. The topological polar surface area (TPSA) is 57.7 Å². The maximum absolute atomic E-state index is 13.4. The van der Waals surface area contributed by atoms with Crippen LogP contribution in [0.2, 0.25) is 0 Å². The number of aryl methyl sites for hydroxylation is 1. The van der Waals surface area contributed by atoms with Crippen molar-refractivity contribution in [1.29, 1.82) is 0 Å². The molecule has 3 aromatic carbocycles. The fourth-order valence-electron chi connectivity index (χ4n) is 3.68. The SMILES string of the molecule is CN(c1ccccc1)S(=O)(=O)c1ccccc1C(=O)N1CCCc2ccccc21.